The van der Waals surface area contributed by atoms with Crippen molar-refractivity contribution in [2.24, 2.45) is 5.92 Å². The van der Waals surface area contributed by atoms with Gasteiger partial charge in [-0.05, 0) is 12.8 Å². The number of carboxylic acid groups (broad SMARTS) is 1. The van der Waals surface area contributed by atoms with Gasteiger partial charge in [0, 0.05) is 19.1 Å². The van der Waals surface area contributed by atoms with E-state index in [9.17, 15) is 9.59 Å². The maximum atomic E-state index is 11.7. The summed E-state index contributed by atoms with van der Waals surface area (Å²) in [5, 5.41) is 14.5. The lowest BCUT2D eigenvalue weighted by Crippen LogP contribution is -2.60. The minimum absolute atomic E-state index is 0.0268. The summed E-state index contributed by atoms with van der Waals surface area (Å²) in [7, 11) is 0. The fraction of sp³-hybridized carbons (Fsp3) is 0.833. The van der Waals surface area contributed by atoms with Gasteiger partial charge in [0.15, 0.2) is 0 Å². The van der Waals surface area contributed by atoms with Gasteiger partial charge >= 0.3 is 5.97 Å². The van der Waals surface area contributed by atoms with Crippen LogP contribution in [-0.2, 0) is 14.3 Å². The van der Waals surface area contributed by atoms with E-state index >= 15 is 0 Å². The van der Waals surface area contributed by atoms with Crippen molar-refractivity contribution < 1.29 is 19.4 Å². The maximum Gasteiger partial charge on any atom is 0.305 e. The molecule has 3 N–H and O–H groups in total. The molecule has 1 aliphatic rings. The normalized spacial score (nSPS) is 19.1. The van der Waals surface area contributed by atoms with Crippen LogP contribution < -0.4 is 10.6 Å². The van der Waals surface area contributed by atoms with Crippen LogP contribution in [0, 0.1) is 5.92 Å². The van der Waals surface area contributed by atoms with E-state index in [1.807, 2.05) is 20.8 Å². The molecule has 1 unspecified atom stereocenters. The minimum atomic E-state index is -0.912. The van der Waals surface area contributed by atoms with Crippen molar-refractivity contribution in [1.82, 2.24) is 10.6 Å². The van der Waals surface area contributed by atoms with Crippen LogP contribution in [0.2, 0.25) is 0 Å². The van der Waals surface area contributed by atoms with Gasteiger partial charge in [-0.2, -0.15) is 0 Å². The number of nitrogens with one attached hydrogen (secondary N) is 2. The molecule has 104 valence electrons. The Morgan fingerprint density at radius 3 is 2.44 bits per heavy atom. The second kappa shape index (κ2) is 6.15. The fourth-order valence-corrected chi connectivity index (χ4v) is 1.71. The molecule has 1 saturated heterocycles. The number of aliphatic carboxylic acids is 1. The lowest BCUT2D eigenvalue weighted by molar-refractivity contribution is -0.140. The molecular formula is C12H22N2O4. The van der Waals surface area contributed by atoms with Crippen LogP contribution in [0.25, 0.3) is 0 Å². The van der Waals surface area contributed by atoms with Crippen molar-refractivity contribution in [1.29, 1.82) is 0 Å². The molecule has 0 aromatic heterocycles. The smallest absolute Gasteiger partial charge is 0.305 e. The van der Waals surface area contributed by atoms with E-state index in [-0.39, 0.29) is 36.5 Å². The Hall–Kier alpha value is -1.14. The molecule has 0 saturated carbocycles. The van der Waals surface area contributed by atoms with Crippen LogP contribution >= 0.6 is 0 Å². The van der Waals surface area contributed by atoms with Gasteiger partial charge in [-0.1, -0.05) is 13.8 Å². The van der Waals surface area contributed by atoms with E-state index in [0.29, 0.717) is 0 Å². The maximum absolute atomic E-state index is 11.7. The van der Waals surface area contributed by atoms with Crippen molar-refractivity contribution in [2.45, 2.75) is 38.8 Å². The number of carbonyl (C=O) groups excluding carboxylic acids is 1. The summed E-state index contributed by atoms with van der Waals surface area (Å²) in [6.45, 7) is 7.15. The highest BCUT2D eigenvalue weighted by Gasteiger charge is 2.33. The van der Waals surface area contributed by atoms with Gasteiger partial charge in [-0.15, -0.1) is 0 Å². The van der Waals surface area contributed by atoms with Gasteiger partial charge in [0.2, 0.25) is 5.91 Å². The first-order valence-corrected chi connectivity index (χ1v) is 6.18. The predicted molar refractivity (Wildman–Crippen MR) is 66.2 cm³/mol. The molecule has 1 fully saturated rings. The Labute approximate surface area is 107 Å². The second-order valence-corrected chi connectivity index (χ2v) is 5.36. The summed E-state index contributed by atoms with van der Waals surface area (Å²) in [6, 6.07) is -0.356. The first-order chi connectivity index (χ1) is 8.32. The zero-order valence-corrected chi connectivity index (χ0v) is 11.2. The Morgan fingerprint density at radius 2 is 2.06 bits per heavy atom. The highest BCUT2D eigenvalue weighted by Crippen LogP contribution is 2.14. The molecule has 18 heavy (non-hydrogen) atoms. The van der Waals surface area contributed by atoms with Crippen LogP contribution in [0.15, 0.2) is 0 Å². The summed E-state index contributed by atoms with van der Waals surface area (Å²) in [4.78, 5) is 22.4. The molecule has 0 bridgehead atoms. The number of hydrogen-bond acceptors (Lipinski definition) is 4. The van der Waals surface area contributed by atoms with Gasteiger partial charge in [0.1, 0.15) is 6.61 Å². The second-order valence-electron chi connectivity index (χ2n) is 5.36. The Morgan fingerprint density at radius 1 is 1.44 bits per heavy atom. The molecule has 0 spiro atoms. The fourth-order valence-electron chi connectivity index (χ4n) is 1.71. The molecule has 6 heteroatoms. The number of hydrogen-bond donors (Lipinski definition) is 3. The van der Waals surface area contributed by atoms with Crippen molar-refractivity contribution in [3.8, 4) is 0 Å². The van der Waals surface area contributed by atoms with Crippen molar-refractivity contribution >= 4 is 11.9 Å². The molecule has 1 amide bonds. The molecule has 1 heterocycles. The van der Waals surface area contributed by atoms with Crippen LogP contribution in [0.3, 0.4) is 0 Å². The molecular weight excluding hydrogens is 236 g/mol. The van der Waals surface area contributed by atoms with Crippen LogP contribution in [0.1, 0.15) is 27.2 Å². The Bertz CT molecular complexity index is 313. The summed E-state index contributed by atoms with van der Waals surface area (Å²) in [5.74, 6) is -1.10. The molecule has 1 aliphatic heterocycles. The van der Waals surface area contributed by atoms with Crippen LogP contribution in [0.5, 0.6) is 0 Å². The summed E-state index contributed by atoms with van der Waals surface area (Å²) >= 11 is 0. The molecule has 0 aliphatic carbocycles. The highest BCUT2D eigenvalue weighted by molar-refractivity contribution is 5.78. The molecule has 0 aromatic carbocycles. The number of carboxylic acids is 1. The highest BCUT2D eigenvalue weighted by atomic mass is 16.5. The van der Waals surface area contributed by atoms with Gasteiger partial charge in [-0.25, -0.2) is 0 Å². The molecule has 6 nitrogen and oxygen atoms in total. The van der Waals surface area contributed by atoms with Gasteiger partial charge in [0.05, 0.1) is 12.0 Å². The lowest BCUT2D eigenvalue weighted by atomic mass is 10.00. The van der Waals surface area contributed by atoms with E-state index in [1.54, 1.807) is 0 Å². The number of amides is 1. The van der Waals surface area contributed by atoms with E-state index in [0.717, 1.165) is 13.1 Å². The summed E-state index contributed by atoms with van der Waals surface area (Å²) in [5.41, 5.74) is -0.266. The topological polar surface area (TPSA) is 87.7 Å². The Balaban J connectivity index is 2.34. The Kier molecular flexibility index (Phi) is 5.10. The van der Waals surface area contributed by atoms with E-state index in [2.05, 4.69) is 10.6 Å². The quantitative estimate of drug-likeness (QED) is 0.597. The largest absolute Gasteiger partial charge is 0.481 e. The van der Waals surface area contributed by atoms with Crippen molar-refractivity contribution in [3.05, 3.63) is 0 Å². The lowest BCUT2D eigenvalue weighted by Gasteiger charge is -2.38. The molecule has 0 aromatic rings. The number of carbonyl (C=O) groups is 2. The van der Waals surface area contributed by atoms with Crippen molar-refractivity contribution in [2.75, 3.05) is 19.7 Å². The van der Waals surface area contributed by atoms with Crippen LogP contribution in [-0.4, -0.2) is 48.3 Å². The van der Waals surface area contributed by atoms with E-state index < -0.39 is 5.97 Å². The third-order valence-corrected chi connectivity index (χ3v) is 3.10. The average molecular weight is 258 g/mol. The van der Waals surface area contributed by atoms with E-state index in [1.165, 1.54) is 0 Å². The minimum Gasteiger partial charge on any atom is -0.481 e. The van der Waals surface area contributed by atoms with Crippen LogP contribution in [0.4, 0.5) is 0 Å². The van der Waals surface area contributed by atoms with Gasteiger partial charge in [0.25, 0.3) is 0 Å². The first-order valence-electron chi connectivity index (χ1n) is 6.18. The monoisotopic (exact) mass is 258 g/mol. The third kappa shape index (κ3) is 4.62. The summed E-state index contributed by atoms with van der Waals surface area (Å²) < 4.78 is 5.49. The number of rotatable bonds is 7. The third-order valence-electron chi connectivity index (χ3n) is 3.10. The molecule has 0 radical (unpaired) electrons. The average Bonchev–Trinajstić information content (AvgIpc) is 2.22. The zero-order chi connectivity index (χ0) is 13.8. The predicted octanol–water partition coefficient (Wildman–Crippen LogP) is -0.0196. The standard InChI is InChI=1S/C12H22N2O4/c1-8(2)9(4-11(16)17)14-10(15)5-18-12(3)6-13-7-12/h8-9,13H,4-7H2,1-3H3,(H,14,15)(H,16,17). The number of ether oxygens (including phenoxy) is 1. The van der Waals surface area contributed by atoms with Crippen molar-refractivity contribution in [3.63, 3.8) is 0 Å². The van der Waals surface area contributed by atoms with Gasteiger partial charge < -0.3 is 20.5 Å². The van der Waals surface area contributed by atoms with Gasteiger partial charge in [-0.3, -0.25) is 9.59 Å². The SMILES string of the molecule is CC(C)C(CC(=O)O)NC(=O)COC1(C)CNC1. The zero-order valence-electron chi connectivity index (χ0n) is 11.2. The first kappa shape index (κ1) is 14.9. The molecule has 1 rings (SSSR count). The van der Waals surface area contributed by atoms with E-state index in [4.69, 9.17) is 9.84 Å². The molecule has 1 atom stereocenters. The summed E-state index contributed by atoms with van der Waals surface area (Å²) in [6.07, 6.45) is -0.0672.